The Morgan fingerprint density at radius 3 is 1.61 bits per heavy atom. The Kier molecular flexibility index (Phi) is 17.9. The summed E-state index contributed by atoms with van der Waals surface area (Å²) in [4.78, 5) is -0.571. The van der Waals surface area contributed by atoms with Gasteiger partial charge in [-0.25, -0.2) is 8.42 Å². The van der Waals surface area contributed by atoms with E-state index in [-0.39, 0.29) is 64.8 Å². The number of rotatable bonds is 16. The van der Waals surface area contributed by atoms with Gasteiger partial charge in [-0.05, 0) is 91.9 Å². The molecule has 0 bridgehead atoms. The number of hydrogen-bond acceptors (Lipinski definition) is 9. The van der Waals surface area contributed by atoms with Crippen molar-refractivity contribution in [1.29, 1.82) is 0 Å². The van der Waals surface area contributed by atoms with Gasteiger partial charge < -0.3 is 24.2 Å². The minimum atomic E-state index is -4.53. The summed E-state index contributed by atoms with van der Waals surface area (Å²) in [6.07, 6.45) is 10.1. The molecule has 0 aromatic heterocycles. The maximum Gasteiger partial charge on any atom is 2.00 e. The Bertz CT molecular complexity index is 1710. The van der Waals surface area contributed by atoms with Crippen molar-refractivity contribution in [3.63, 3.8) is 0 Å². The fourth-order valence-corrected chi connectivity index (χ4v) is 5.81. The summed E-state index contributed by atoms with van der Waals surface area (Å²) in [5, 5.41) is 21.8. The third-order valence-electron chi connectivity index (χ3n) is 7.35. The number of aromatic hydroxyl groups is 1. The molecule has 0 fully saturated rings. The number of hydrogen-bond donors (Lipinski definition) is 2. The molecule has 0 radical (unpaired) electrons. The molecule has 260 valence electrons. The summed E-state index contributed by atoms with van der Waals surface area (Å²) in [5.74, 6) is 1.68. The molecule has 10 nitrogen and oxygen atoms in total. The molecule has 4 aromatic rings. The first-order valence-electron chi connectivity index (χ1n) is 15.9. The molecule has 4 aromatic carbocycles. The largest absolute Gasteiger partial charge is 2.00 e. The summed E-state index contributed by atoms with van der Waals surface area (Å²) in [7, 11) is -8.80. The molecule has 0 saturated carbocycles. The maximum absolute atomic E-state index is 11.9. The van der Waals surface area contributed by atoms with Crippen LogP contribution in [0.4, 0.5) is 0 Å². The molecule has 0 unspecified atom stereocenters. The average molecular weight is 739 g/mol. The van der Waals surface area contributed by atoms with Gasteiger partial charge in [-0.1, -0.05) is 76.1 Å². The molecular formula is C36H42CaO10S2. The average Bonchev–Trinajstić information content (AvgIpc) is 3.04. The third-order valence-corrected chi connectivity index (χ3v) is 9.03. The number of phenols is 1. The van der Waals surface area contributed by atoms with E-state index in [1.807, 2.05) is 0 Å². The quantitative estimate of drug-likeness (QED) is 0.0657. The van der Waals surface area contributed by atoms with Crippen molar-refractivity contribution in [2.45, 2.75) is 87.8 Å². The molecule has 0 saturated heterocycles. The van der Waals surface area contributed by atoms with Gasteiger partial charge in [0.2, 0.25) is 0 Å². The Labute approximate surface area is 319 Å². The topological polar surface area (TPSA) is 173 Å². The molecule has 0 amide bonds. The fraction of sp³-hybridized carbons (Fsp3) is 0.333. The summed E-state index contributed by atoms with van der Waals surface area (Å²) < 4.78 is 75.8. The molecule has 0 atom stereocenters. The first-order valence-corrected chi connectivity index (χ1v) is 18.8. The predicted molar refractivity (Wildman–Crippen MR) is 186 cm³/mol. The van der Waals surface area contributed by atoms with Crippen LogP contribution >= 0.6 is 0 Å². The van der Waals surface area contributed by atoms with Crippen molar-refractivity contribution in [2.24, 2.45) is 0 Å². The van der Waals surface area contributed by atoms with Crippen LogP contribution in [-0.2, 0) is 33.1 Å². The van der Waals surface area contributed by atoms with Crippen LogP contribution in [0.2, 0.25) is 0 Å². The Hall–Kier alpha value is -2.84. The molecule has 0 heterocycles. The van der Waals surface area contributed by atoms with Crippen molar-refractivity contribution in [3.05, 3.63) is 96.1 Å². The molecule has 0 spiro atoms. The Morgan fingerprint density at radius 2 is 1.08 bits per heavy atom. The first-order chi connectivity index (χ1) is 22.8. The zero-order chi connectivity index (χ0) is 35.2. The van der Waals surface area contributed by atoms with Crippen LogP contribution < -0.4 is 14.6 Å². The van der Waals surface area contributed by atoms with Gasteiger partial charge in [0.1, 0.15) is 38.9 Å². The SMILES string of the molecule is CCCCCCc1cc(Oc2cccc(S(=O)(=O)O)c2)ccc1O.CCCCCCc1cc(Oc2cccc(S(=O)(=O)[O-])c2)ccc1[O-].[Ca+2]. The number of phenolic OH excluding ortho intramolecular Hbond substituents is 1. The summed E-state index contributed by atoms with van der Waals surface area (Å²) in [6, 6.07) is 20.6. The van der Waals surface area contributed by atoms with Crippen LogP contribution in [0.1, 0.15) is 76.3 Å². The van der Waals surface area contributed by atoms with Crippen molar-refractivity contribution in [1.82, 2.24) is 0 Å². The molecule has 0 aliphatic carbocycles. The maximum atomic E-state index is 11.9. The monoisotopic (exact) mass is 738 g/mol. The molecule has 13 heteroatoms. The second-order valence-corrected chi connectivity index (χ2v) is 14.1. The number of ether oxygens (including phenoxy) is 2. The van der Waals surface area contributed by atoms with Crippen molar-refractivity contribution >= 4 is 58.0 Å². The zero-order valence-electron chi connectivity index (χ0n) is 27.8. The van der Waals surface area contributed by atoms with Gasteiger partial charge in [0, 0.05) is 6.07 Å². The third kappa shape index (κ3) is 14.9. The van der Waals surface area contributed by atoms with E-state index in [4.69, 9.17) is 14.0 Å². The molecule has 2 N–H and O–H groups in total. The molecule has 0 aliphatic heterocycles. The zero-order valence-corrected chi connectivity index (χ0v) is 31.7. The van der Waals surface area contributed by atoms with E-state index < -0.39 is 20.2 Å². The minimum Gasteiger partial charge on any atom is -0.872 e. The number of unbranched alkanes of at least 4 members (excludes halogenated alkanes) is 6. The summed E-state index contributed by atoms with van der Waals surface area (Å²) in [6.45, 7) is 4.27. The number of aryl methyl sites for hydroxylation is 2. The smallest absolute Gasteiger partial charge is 0.872 e. The molecule has 0 aliphatic rings. The van der Waals surface area contributed by atoms with Crippen LogP contribution in [0, 0.1) is 0 Å². The van der Waals surface area contributed by atoms with Gasteiger partial charge >= 0.3 is 37.7 Å². The van der Waals surface area contributed by atoms with Crippen molar-refractivity contribution in [2.75, 3.05) is 0 Å². The molecular weight excluding hydrogens is 697 g/mol. The standard InChI is InChI=1S/2C18H22O5S.Ca/c2*1-2-3-4-5-7-14-12-16(10-11-18(14)19)23-15-8-6-9-17(13-15)24(20,21)22;/h2*6,8-13,19H,2-5,7H2,1H3,(H,20,21,22);/q;;+2/p-2. The van der Waals surface area contributed by atoms with Gasteiger partial charge in [-0.2, -0.15) is 8.42 Å². The second-order valence-electron chi connectivity index (χ2n) is 11.3. The van der Waals surface area contributed by atoms with Crippen LogP contribution in [0.15, 0.2) is 94.7 Å². The normalized spacial score (nSPS) is 11.2. The van der Waals surface area contributed by atoms with Crippen LogP contribution in [0.25, 0.3) is 0 Å². The van der Waals surface area contributed by atoms with Crippen molar-refractivity contribution < 1.29 is 45.6 Å². The van der Waals surface area contributed by atoms with Crippen LogP contribution in [0.5, 0.6) is 34.5 Å². The van der Waals surface area contributed by atoms with Crippen LogP contribution in [0.3, 0.4) is 0 Å². The van der Waals surface area contributed by atoms with Gasteiger partial charge in [-0.3, -0.25) is 4.55 Å². The molecule has 4 rings (SSSR count). The van der Waals surface area contributed by atoms with Crippen molar-refractivity contribution in [3.8, 4) is 34.5 Å². The van der Waals surface area contributed by atoms with E-state index in [0.29, 0.717) is 29.2 Å². The minimum absolute atomic E-state index is 0. The van der Waals surface area contributed by atoms with E-state index in [9.17, 15) is 31.6 Å². The second kappa shape index (κ2) is 20.7. The van der Waals surface area contributed by atoms with E-state index in [1.165, 1.54) is 55.0 Å². The predicted octanol–water partition coefficient (Wildman–Crippen LogP) is 7.75. The van der Waals surface area contributed by atoms with Crippen LogP contribution in [-0.4, -0.2) is 68.8 Å². The van der Waals surface area contributed by atoms with Gasteiger partial charge in [-0.15, -0.1) is 5.75 Å². The Balaban J connectivity index is 0.000000333. The van der Waals surface area contributed by atoms with Gasteiger partial charge in [0.15, 0.2) is 0 Å². The summed E-state index contributed by atoms with van der Waals surface area (Å²) in [5.41, 5.74) is 1.48. The van der Waals surface area contributed by atoms with E-state index in [0.717, 1.165) is 56.9 Å². The van der Waals surface area contributed by atoms with E-state index >= 15 is 0 Å². The fourth-order valence-electron chi connectivity index (χ4n) is 4.79. The van der Waals surface area contributed by atoms with E-state index in [1.54, 1.807) is 36.4 Å². The first kappa shape index (κ1) is 42.3. The molecule has 49 heavy (non-hydrogen) atoms. The Morgan fingerprint density at radius 1 is 0.612 bits per heavy atom. The van der Waals surface area contributed by atoms with Gasteiger partial charge in [0.25, 0.3) is 10.1 Å². The number of benzene rings is 4. The van der Waals surface area contributed by atoms with Gasteiger partial charge in [0.05, 0.1) is 9.79 Å². The summed E-state index contributed by atoms with van der Waals surface area (Å²) >= 11 is 0. The van der Waals surface area contributed by atoms with E-state index in [2.05, 4.69) is 13.8 Å².